The van der Waals surface area contributed by atoms with Crippen LogP contribution in [0.15, 0.2) is 35.1 Å². The van der Waals surface area contributed by atoms with Gasteiger partial charge < -0.3 is 14.6 Å². The standard InChI is InChI=1S/C17H18ClN3O3/c1-11-16(24-10-19-11)17(23)20-14-8-15(22)21(9-14)6-5-12-3-2-4-13(18)7-12/h2-4,7,10,14H,5-6,8-9H2,1H3,(H,20,23)/t14-/m1/s1. The SMILES string of the molecule is Cc1ncoc1C(=O)N[C@@H]1CC(=O)N(CCc2cccc(Cl)c2)C1. The first-order chi connectivity index (χ1) is 11.5. The zero-order chi connectivity index (χ0) is 17.1. The molecular weight excluding hydrogens is 330 g/mol. The van der Waals surface area contributed by atoms with Gasteiger partial charge in [0.25, 0.3) is 5.91 Å². The van der Waals surface area contributed by atoms with E-state index < -0.39 is 0 Å². The first-order valence-corrected chi connectivity index (χ1v) is 8.14. The summed E-state index contributed by atoms with van der Waals surface area (Å²) >= 11 is 5.97. The maximum Gasteiger partial charge on any atom is 0.289 e. The molecule has 1 aliphatic rings. The number of nitrogens with one attached hydrogen (secondary N) is 1. The van der Waals surface area contributed by atoms with Crippen molar-refractivity contribution in [1.82, 2.24) is 15.2 Å². The molecular formula is C17H18ClN3O3. The highest BCUT2D eigenvalue weighted by Gasteiger charge is 2.31. The molecule has 1 fully saturated rings. The Balaban J connectivity index is 1.54. The lowest BCUT2D eigenvalue weighted by Gasteiger charge is -2.17. The topological polar surface area (TPSA) is 75.4 Å². The van der Waals surface area contributed by atoms with Crippen molar-refractivity contribution in [2.75, 3.05) is 13.1 Å². The Morgan fingerprint density at radius 1 is 1.50 bits per heavy atom. The molecule has 1 saturated heterocycles. The number of rotatable bonds is 5. The summed E-state index contributed by atoms with van der Waals surface area (Å²) in [5.74, 6) is -0.101. The summed E-state index contributed by atoms with van der Waals surface area (Å²) in [6.07, 6.45) is 2.27. The van der Waals surface area contributed by atoms with Gasteiger partial charge in [-0.2, -0.15) is 0 Å². The fourth-order valence-corrected chi connectivity index (χ4v) is 3.03. The lowest BCUT2D eigenvalue weighted by molar-refractivity contribution is -0.127. The summed E-state index contributed by atoms with van der Waals surface area (Å²) < 4.78 is 5.07. The Kier molecular flexibility index (Phi) is 4.85. The lowest BCUT2D eigenvalue weighted by Crippen LogP contribution is -2.37. The second kappa shape index (κ2) is 7.05. The number of nitrogens with zero attached hydrogens (tertiary/aromatic N) is 2. The van der Waals surface area contributed by atoms with Crippen molar-refractivity contribution in [3.05, 3.63) is 52.7 Å². The molecule has 0 bridgehead atoms. The maximum atomic E-state index is 12.1. The Morgan fingerprint density at radius 3 is 3.04 bits per heavy atom. The number of aromatic nitrogens is 1. The smallest absolute Gasteiger partial charge is 0.289 e. The van der Waals surface area contributed by atoms with E-state index in [2.05, 4.69) is 10.3 Å². The van der Waals surface area contributed by atoms with Crippen LogP contribution in [0.5, 0.6) is 0 Å². The fourth-order valence-electron chi connectivity index (χ4n) is 2.81. The zero-order valence-electron chi connectivity index (χ0n) is 13.3. The monoisotopic (exact) mass is 347 g/mol. The molecule has 0 unspecified atom stereocenters. The molecule has 2 heterocycles. The van der Waals surface area contributed by atoms with Crippen LogP contribution >= 0.6 is 11.6 Å². The quantitative estimate of drug-likeness (QED) is 0.899. The molecule has 7 heteroatoms. The number of hydrogen-bond donors (Lipinski definition) is 1. The van der Waals surface area contributed by atoms with E-state index in [9.17, 15) is 9.59 Å². The van der Waals surface area contributed by atoms with Crippen LogP contribution in [0, 0.1) is 6.92 Å². The highest BCUT2D eigenvalue weighted by Crippen LogP contribution is 2.16. The van der Waals surface area contributed by atoms with Crippen molar-refractivity contribution in [1.29, 1.82) is 0 Å². The molecule has 6 nitrogen and oxygen atoms in total. The predicted octanol–water partition coefficient (Wildman–Crippen LogP) is 2.21. The van der Waals surface area contributed by atoms with Gasteiger partial charge in [0.15, 0.2) is 6.39 Å². The molecule has 0 aliphatic carbocycles. The third-order valence-electron chi connectivity index (χ3n) is 4.06. The van der Waals surface area contributed by atoms with Crippen molar-refractivity contribution in [3.63, 3.8) is 0 Å². The van der Waals surface area contributed by atoms with Crippen molar-refractivity contribution >= 4 is 23.4 Å². The third-order valence-corrected chi connectivity index (χ3v) is 4.30. The molecule has 1 aromatic heterocycles. The van der Waals surface area contributed by atoms with E-state index in [0.29, 0.717) is 30.2 Å². The summed E-state index contributed by atoms with van der Waals surface area (Å²) in [4.78, 5) is 29.9. The van der Waals surface area contributed by atoms with Gasteiger partial charge in [0.1, 0.15) is 0 Å². The number of halogens is 1. The van der Waals surface area contributed by atoms with Gasteiger partial charge in [-0.1, -0.05) is 23.7 Å². The normalized spacial score (nSPS) is 17.3. The number of likely N-dealkylation sites (tertiary alicyclic amines) is 1. The average Bonchev–Trinajstić information content (AvgIpc) is 3.11. The molecule has 1 aromatic carbocycles. The number of carbonyl (C=O) groups is 2. The number of amides is 2. The molecule has 3 rings (SSSR count). The Bertz CT molecular complexity index is 759. The molecule has 126 valence electrons. The highest BCUT2D eigenvalue weighted by atomic mass is 35.5. The van der Waals surface area contributed by atoms with E-state index in [-0.39, 0.29) is 23.6 Å². The number of hydrogen-bond acceptors (Lipinski definition) is 4. The van der Waals surface area contributed by atoms with E-state index in [1.54, 1.807) is 11.8 Å². The lowest BCUT2D eigenvalue weighted by atomic mass is 10.1. The molecule has 24 heavy (non-hydrogen) atoms. The Morgan fingerprint density at radius 2 is 2.33 bits per heavy atom. The second-order valence-electron chi connectivity index (χ2n) is 5.86. The van der Waals surface area contributed by atoms with Gasteiger partial charge >= 0.3 is 0 Å². The van der Waals surface area contributed by atoms with Gasteiger partial charge in [-0.25, -0.2) is 4.98 Å². The van der Waals surface area contributed by atoms with Crippen molar-refractivity contribution in [3.8, 4) is 0 Å². The molecule has 2 aromatic rings. The summed E-state index contributed by atoms with van der Waals surface area (Å²) in [5.41, 5.74) is 1.62. The average molecular weight is 348 g/mol. The maximum absolute atomic E-state index is 12.1. The Labute approximate surface area is 144 Å². The molecule has 1 atom stereocenters. The third kappa shape index (κ3) is 3.76. The Hall–Kier alpha value is -2.34. The number of oxazole rings is 1. The van der Waals surface area contributed by atoms with Gasteiger partial charge in [-0.15, -0.1) is 0 Å². The first-order valence-electron chi connectivity index (χ1n) is 7.76. The van der Waals surface area contributed by atoms with Gasteiger partial charge in [0, 0.05) is 24.5 Å². The molecule has 1 N–H and O–H groups in total. The van der Waals surface area contributed by atoms with Crippen LogP contribution in [0.4, 0.5) is 0 Å². The van der Waals surface area contributed by atoms with Crippen LogP contribution in [0.1, 0.15) is 28.2 Å². The van der Waals surface area contributed by atoms with E-state index in [0.717, 1.165) is 12.0 Å². The van der Waals surface area contributed by atoms with Crippen LogP contribution in [-0.4, -0.2) is 40.8 Å². The van der Waals surface area contributed by atoms with Crippen LogP contribution in [0.2, 0.25) is 5.02 Å². The summed E-state index contributed by atoms with van der Waals surface area (Å²) in [6.45, 7) is 2.81. The van der Waals surface area contributed by atoms with Crippen LogP contribution < -0.4 is 5.32 Å². The number of aryl methyl sites for hydroxylation is 1. The molecule has 0 saturated carbocycles. The first kappa shape index (κ1) is 16.5. The number of benzene rings is 1. The van der Waals surface area contributed by atoms with Gasteiger partial charge in [0.05, 0.1) is 11.7 Å². The zero-order valence-corrected chi connectivity index (χ0v) is 14.0. The van der Waals surface area contributed by atoms with Crippen molar-refractivity contribution < 1.29 is 14.0 Å². The second-order valence-corrected chi connectivity index (χ2v) is 6.30. The highest BCUT2D eigenvalue weighted by molar-refractivity contribution is 6.30. The van der Waals surface area contributed by atoms with E-state index in [1.165, 1.54) is 6.39 Å². The van der Waals surface area contributed by atoms with E-state index in [4.69, 9.17) is 16.0 Å². The number of carbonyl (C=O) groups excluding carboxylic acids is 2. The van der Waals surface area contributed by atoms with Crippen molar-refractivity contribution in [2.45, 2.75) is 25.8 Å². The minimum absolute atomic E-state index is 0.0385. The summed E-state index contributed by atoms with van der Waals surface area (Å²) in [5, 5.41) is 3.52. The predicted molar refractivity (Wildman–Crippen MR) is 88.8 cm³/mol. The van der Waals surface area contributed by atoms with Crippen LogP contribution in [0.3, 0.4) is 0 Å². The van der Waals surface area contributed by atoms with E-state index >= 15 is 0 Å². The summed E-state index contributed by atoms with van der Waals surface area (Å²) in [7, 11) is 0. The van der Waals surface area contributed by atoms with Gasteiger partial charge in [-0.3, -0.25) is 9.59 Å². The van der Waals surface area contributed by atoms with Crippen molar-refractivity contribution in [2.24, 2.45) is 0 Å². The molecule has 2 amide bonds. The van der Waals surface area contributed by atoms with E-state index in [1.807, 2.05) is 24.3 Å². The van der Waals surface area contributed by atoms with Gasteiger partial charge in [-0.05, 0) is 31.0 Å². The molecule has 0 spiro atoms. The van der Waals surface area contributed by atoms with Crippen LogP contribution in [0.25, 0.3) is 0 Å². The molecule has 0 radical (unpaired) electrons. The molecule has 1 aliphatic heterocycles. The minimum Gasteiger partial charge on any atom is -0.438 e. The summed E-state index contributed by atoms with van der Waals surface area (Å²) in [6, 6.07) is 7.38. The minimum atomic E-state index is -0.334. The fraction of sp³-hybridized carbons (Fsp3) is 0.353. The van der Waals surface area contributed by atoms with Crippen LogP contribution in [-0.2, 0) is 11.2 Å². The largest absolute Gasteiger partial charge is 0.438 e. The van der Waals surface area contributed by atoms with Gasteiger partial charge in [0.2, 0.25) is 11.7 Å².